The first-order valence-corrected chi connectivity index (χ1v) is 6.17. The van der Waals surface area contributed by atoms with Crippen LogP contribution in [0.15, 0.2) is 53.3 Å². The van der Waals surface area contributed by atoms with E-state index in [4.69, 9.17) is 4.42 Å². The molecule has 0 aliphatic heterocycles. The second-order valence-corrected chi connectivity index (χ2v) is 4.96. The first-order valence-electron chi connectivity index (χ1n) is 5.36. The van der Waals surface area contributed by atoms with Gasteiger partial charge in [0.05, 0.1) is 17.4 Å². The predicted octanol–water partition coefficient (Wildman–Crippen LogP) is 3.92. The number of carbonyl (C=O) groups excluding carboxylic acids is 1. The summed E-state index contributed by atoms with van der Waals surface area (Å²) in [5.41, 5.74) is 0.924. The van der Waals surface area contributed by atoms with E-state index in [0.717, 1.165) is 20.5 Å². The van der Waals surface area contributed by atoms with E-state index in [1.165, 1.54) is 0 Å². The van der Waals surface area contributed by atoms with E-state index < -0.39 is 0 Å². The topological polar surface area (TPSA) is 30.2 Å². The molecule has 0 saturated carbocycles. The number of benzene rings is 1. The van der Waals surface area contributed by atoms with Crippen molar-refractivity contribution in [1.29, 1.82) is 0 Å². The normalized spacial score (nSPS) is 10.8. The molecule has 0 fully saturated rings. The minimum absolute atomic E-state index is 0.146. The van der Waals surface area contributed by atoms with Gasteiger partial charge in [-0.05, 0) is 29.1 Å². The van der Waals surface area contributed by atoms with Gasteiger partial charge in [-0.1, -0.05) is 18.2 Å². The van der Waals surface area contributed by atoms with Crippen LogP contribution in [-0.2, 0) is 6.42 Å². The summed E-state index contributed by atoms with van der Waals surface area (Å²) in [4.78, 5) is 12.9. The lowest BCUT2D eigenvalue weighted by Crippen LogP contribution is -1.99. The molecule has 0 aliphatic rings. The monoisotopic (exact) mass is 242 g/mol. The highest BCUT2D eigenvalue weighted by Crippen LogP contribution is 2.26. The minimum Gasteiger partial charge on any atom is -0.472 e. The van der Waals surface area contributed by atoms with E-state index >= 15 is 0 Å². The van der Waals surface area contributed by atoms with Gasteiger partial charge in [0.15, 0.2) is 5.78 Å². The van der Waals surface area contributed by atoms with Crippen molar-refractivity contribution in [2.75, 3.05) is 0 Å². The Morgan fingerprint density at radius 1 is 1.24 bits per heavy atom. The van der Waals surface area contributed by atoms with Gasteiger partial charge in [-0.2, -0.15) is 0 Å². The van der Waals surface area contributed by atoms with Gasteiger partial charge in [0, 0.05) is 11.1 Å². The number of thiophene rings is 1. The van der Waals surface area contributed by atoms with Crippen molar-refractivity contribution in [2.45, 2.75) is 6.42 Å². The number of hydrogen-bond acceptors (Lipinski definition) is 3. The zero-order chi connectivity index (χ0) is 11.7. The lowest BCUT2D eigenvalue weighted by Gasteiger charge is -1.92. The number of furan rings is 1. The zero-order valence-electron chi connectivity index (χ0n) is 9.05. The molecule has 0 bridgehead atoms. The van der Waals surface area contributed by atoms with Crippen LogP contribution >= 0.6 is 11.3 Å². The number of rotatable bonds is 3. The lowest BCUT2D eigenvalue weighted by molar-refractivity contribution is 0.0996. The molecule has 3 aromatic rings. The summed E-state index contributed by atoms with van der Waals surface area (Å²) in [5.74, 6) is 0.146. The first kappa shape index (κ1) is 10.3. The van der Waals surface area contributed by atoms with E-state index in [2.05, 4.69) is 0 Å². The van der Waals surface area contributed by atoms with Gasteiger partial charge in [0.1, 0.15) is 0 Å². The standard InChI is InChI=1S/C14H10O2S/c15-12(7-10-5-6-16-9-10)14-8-11-3-1-2-4-13(11)17-14/h1-6,8-9H,7H2. The van der Waals surface area contributed by atoms with Crippen LogP contribution in [0.3, 0.4) is 0 Å². The van der Waals surface area contributed by atoms with Gasteiger partial charge in [-0.3, -0.25) is 4.79 Å². The Bertz CT molecular complexity index is 617. The van der Waals surface area contributed by atoms with E-state index in [1.54, 1.807) is 23.9 Å². The molecule has 0 saturated heterocycles. The Balaban J connectivity index is 1.90. The molecule has 2 aromatic heterocycles. The quantitative estimate of drug-likeness (QED) is 0.652. The van der Waals surface area contributed by atoms with Crippen LogP contribution in [0.1, 0.15) is 15.2 Å². The maximum atomic E-state index is 12.1. The summed E-state index contributed by atoms with van der Waals surface area (Å²) in [6.07, 6.45) is 3.61. The smallest absolute Gasteiger partial charge is 0.177 e. The molecule has 0 aliphatic carbocycles. The zero-order valence-corrected chi connectivity index (χ0v) is 9.87. The van der Waals surface area contributed by atoms with Crippen molar-refractivity contribution in [2.24, 2.45) is 0 Å². The highest BCUT2D eigenvalue weighted by molar-refractivity contribution is 7.20. The van der Waals surface area contributed by atoms with Gasteiger partial charge < -0.3 is 4.42 Å². The Hall–Kier alpha value is -1.87. The predicted molar refractivity (Wildman–Crippen MR) is 68.6 cm³/mol. The highest BCUT2D eigenvalue weighted by atomic mass is 32.1. The summed E-state index contributed by atoms with van der Waals surface area (Å²) in [7, 11) is 0. The molecule has 2 heterocycles. The second-order valence-electron chi connectivity index (χ2n) is 3.88. The molecule has 0 N–H and O–H groups in total. The van der Waals surface area contributed by atoms with Crippen LogP contribution in [0.2, 0.25) is 0 Å². The fraction of sp³-hybridized carbons (Fsp3) is 0.0714. The van der Waals surface area contributed by atoms with Gasteiger partial charge in [-0.15, -0.1) is 11.3 Å². The second kappa shape index (κ2) is 4.18. The van der Waals surface area contributed by atoms with Crippen LogP contribution in [0.5, 0.6) is 0 Å². The maximum Gasteiger partial charge on any atom is 0.177 e. The molecule has 0 unspecified atom stereocenters. The molecule has 0 amide bonds. The van der Waals surface area contributed by atoms with Crippen LogP contribution in [0.25, 0.3) is 10.1 Å². The summed E-state index contributed by atoms with van der Waals surface area (Å²) >= 11 is 1.55. The summed E-state index contributed by atoms with van der Waals surface area (Å²) in [6.45, 7) is 0. The van der Waals surface area contributed by atoms with Gasteiger partial charge in [-0.25, -0.2) is 0 Å². The van der Waals surface area contributed by atoms with Crippen molar-refractivity contribution < 1.29 is 9.21 Å². The number of hydrogen-bond donors (Lipinski definition) is 0. The third-order valence-electron chi connectivity index (χ3n) is 2.65. The van der Waals surface area contributed by atoms with Gasteiger partial charge >= 0.3 is 0 Å². The molecular formula is C14H10O2S. The molecule has 0 spiro atoms. The summed E-state index contributed by atoms with van der Waals surface area (Å²) < 4.78 is 6.12. The van der Waals surface area contributed by atoms with Crippen molar-refractivity contribution in [3.63, 3.8) is 0 Å². The van der Waals surface area contributed by atoms with E-state index in [-0.39, 0.29) is 5.78 Å². The third kappa shape index (κ3) is 2.01. The first-order chi connectivity index (χ1) is 8.33. The molecular weight excluding hydrogens is 232 g/mol. The Morgan fingerprint density at radius 2 is 2.12 bits per heavy atom. The third-order valence-corrected chi connectivity index (χ3v) is 3.80. The van der Waals surface area contributed by atoms with Gasteiger partial charge in [0.25, 0.3) is 0 Å². The summed E-state index contributed by atoms with van der Waals surface area (Å²) in [6, 6.07) is 11.8. The van der Waals surface area contributed by atoms with Crippen LogP contribution < -0.4 is 0 Å². The highest BCUT2D eigenvalue weighted by Gasteiger charge is 2.11. The molecule has 84 valence electrons. The van der Waals surface area contributed by atoms with E-state index in [9.17, 15) is 4.79 Å². The largest absolute Gasteiger partial charge is 0.472 e. The summed E-state index contributed by atoms with van der Waals surface area (Å²) in [5, 5.41) is 1.13. The number of Topliss-reactive ketones (excluding diaryl/α,β-unsaturated/α-hetero) is 1. The number of carbonyl (C=O) groups is 1. The average molecular weight is 242 g/mol. The SMILES string of the molecule is O=C(Cc1ccoc1)c1cc2ccccc2s1. The lowest BCUT2D eigenvalue weighted by atomic mass is 10.1. The van der Waals surface area contributed by atoms with Crippen molar-refractivity contribution >= 4 is 27.2 Å². The minimum atomic E-state index is 0.146. The van der Waals surface area contributed by atoms with Crippen LogP contribution in [-0.4, -0.2) is 5.78 Å². The van der Waals surface area contributed by atoms with E-state index in [1.807, 2.05) is 36.4 Å². The fourth-order valence-electron chi connectivity index (χ4n) is 1.79. The Labute approximate surface area is 102 Å². The molecule has 3 heteroatoms. The fourth-order valence-corrected chi connectivity index (χ4v) is 2.79. The van der Waals surface area contributed by atoms with Crippen molar-refractivity contribution in [3.8, 4) is 0 Å². The maximum absolute atomic E-state index is 12.1. The molecule has 17 heavy (non-hydrogen) atoms. The molecule has 1 aromatic carbocycles. The molecule has 2 nitrogen and oxygen atoms in total. The average Bonchev–Trinajstić information content (AvgIpc) is 2.96. The molecule has 0 radical (unpaired) electrons. The van der Waals surface area contributed by atoms with Crippen molar-refractivity contribution in [3.05, 3.63) is 59.4 Å². The molecule has 3 rings (SSSR count). The van der Waals surface area contributed by atoms with Gasteiger partial charge in [0.2, 0.25) is 0 Å². The molecule has 0 atom stereocenters. The Morgan fingerprint density at radius 3 is 2.88 bits per heavy atom. The number of ketones is 1. The Kier molecular flexibility index (Phi) is 2.53. The number of fused-ring (bicyclic) bond motifs is 1. The van der Waals surface area contributed by atoms with E-state index in [0.29, 0.717) is 6.42 Å². The van der Waals surface area contributed by atoms with Crippen LogP contribution in [0, 0.1) is 0 Å². The van der Waals surface area contributed by atoms with Crippen LogP contribution in [0.4, 0.5) is 0 Å². The van der Waals surface area contributed by atoms with Crippen molar-refractivity contribution in [1.82, 2.24) is 0 Å².